The largest absolute Gasteiger partial charge is 0.465 e. The minimum absolute atomic E-state index is 0.207. The van der Waals surface area contributed by atoms with E-state index in [-0.39, 0.29) is 18.3 Å². The zero-order chi connectivity index (χ0) is 13.2. The second kappa shape index (κ2) is 8.64. The van der Waals surface area contributed by atoms with Gasteiger partial charge in [0.2, 0.25) is 0 Å². The van der Waals surface area contributed by atoms with Crippen LogP contribution in [-0.4, -0.2) is 25.7 Å². The molecule has 0 aromatic heterocycles. The third kappa shape index (κ3) is 6.35. The van der Waals surface area contributed by atoms with Crippen LogP contribution in [0.5, 0.6) is 0 Å². The number of benzene rings is 1. The highest BCUT2D eigenvalue weighted by Crippen LogP contribution is 2.03. The second-order valence-corrected chi connectivity index (χ2v) is 4.13. The van der Waals surface area contributed by atoms with E-state index in [1.54, 1.807) is 6.07 Å². The number of hydrogen-bond donors (Lipinski definition) is 1. The molecule has 0 atom stereocenters. The molecule has 3 nitrogen and oxygen atoms in total. The summed E-state index contributed by atoms with van der Waals surface area (Å²) in [7, 11) is 0. The monoisotopic (exact) mass is 253 g/mol. The van der Waals surface area contributed by atoms with E-state index in [4.69, 9.17) is 4.74 Å². The molecule has 18 heavy (non-hydrogen) atoms. The fourth-order valence-electron chi connectivity index (χ4n) is 1.50. The topological polar surface area (TPSA) is 38.3 Å². The Morgan fingerprint density at radius 2 is 2.28 bits per heavy atom. The van der Waals surface area contributed by atoms with Gasteiger partial charge in [0.15, 0.2) is 0 Å². The second-order valence-electron chi connectivity index (χ2n) is 4.13. The van der Waals surface area contributed by atoms with Crippen molar-refractivity contribution in [3.05, 3.63) is 35.6 Å². The van der Waals surface area contributed by atoms with E-state index >= 15 is 0 Å². The van der Waals surface area contributed by atoms with Crippen molar-refractivity contribution in [3.8, 4) is 0 Å². The highest BCUT2D eigenvalue weighted by atomic mass is 19.1. The predicted octanol–water partition coefficient (Wildman–Crippen LogP) is 2.30. The van der Waals surface area contributed by atoms with Crippen molar-refractivity contribution >= 4 is 5.97 Å². The van der Waals surface area contributed by atoms with E-state index in [9.17, 15) is 9.18 Å². The first-order valence-electron chi connectivity index (χ1n) is 6.33. The maximum absolute atomic E-state index is 12.9. The molecule has 0 unspecified atom stereocenters. The van der Waals surface area contributed by atoms with Crippen molar-refractivity contribution in [1.82, 2.24) is 5.32 Å². The minimum atomic E-state index is -0.234. The zero-order valence-electron chi connectivity index (χ0n) is 10.7. The van der Waals surface area contributed by atoms with E-state index in [0.29, 0.717) is 19.6 Å². The molecule has 4 heteroatoms. The first-order valence-corrected chi connectivity index (χ1v) is 6.33. The van der Waals surface area contributed by atoms with Gasteiger partial charge >= 0.3 is 5.97 Å². The standard InChI is InChI=1S/C14H20FNO2/c1-2-3-9-18-14(17)11-16-8-7-12-5-4-6-13(15)10-12/h4-6,10,16H,2-3,7-9,11H2,1H3. The first kappa shape index (κ1) is 14.6. The van der Waals surface area contributed by atoms with Gasteiger partial charge < -0.3 is 10.1 Å². The van der Waals surface area contributed by atoms with Gasteiger partial charge in [0.1, 0.15) is 5.82 Å². The van der Waals surface area contributed by atoms with Crippen LogP contribution in [0.25, 0.3) is 0 Å². The van der Waals surface area contributed by atoms with Gasteiger partial charge in [0, 0.05) is 0 Å². The molecule has 0 aliphatic rings. The Bertz CT molecular complexity index is 369. The highest BCUT2D eigenvalue weighted by molar-refractivity contribution is 5.71. The summed E-state index contributed by atoms with van der Waals surface area (Å²) in [4.78, 5) is 11.2. The zero-order valence-corrected chi connectivity index (χ0v) is 10.7. The number of carbonyl (C=O) groups excluding carboxylic acids is 1. The lowest BCUT2D eigenvalue weighted by atomic mass is 10.1. The van der Waals surface area contributed by atoms with E-state index in [1.807, 2.05) is 13.0 Å². The van der Waals surface area contributed by atoms with Gasteiger partial charge in [-0.15, -0.1) is 0 Å². The average molecular weight is 253 g/mol. The van der Waals surface area contributed by atoms with Crippen molar-refractivity contribution in [2.24, 2.45) is 0 Å². The number of halogens is 1. The van der Waals surface area contributed by atoms with E-state index in [0.717, 1.165) is 18.4 Å². The van der Waals surface area contributed by atoms with Crippen LogP contribution in [0.2, 0.25) is 0 Å². The molecule has 1 rings (SSSR count). The van der Waals surface area contributed by atoms with Crippen molar-refractivity contribution in [2.75, 3.05) is 19.7 Å². The molecule has 0 aliphatic heterocycles. The number of nitrogens with one attached hydrogen (secondary N) is 1. The SMILES string of the molecule is CCCCOC(=O)CNCCc1cccc(F)c1. The Morgan fingerprint density at radius 3 is 3.00 bits per heavy atom. The summed E-state index contributed by atoms with van der Waals surface area (Å²) in [5.41, 5.74) is 0.918. The molecule has 0 fully saturated rings. The van der Waals surface area contributed by atoms with Crippen LogP contribution in [0.4, 0.5) is 4.39 Å². The molecule has 1 aromatic carbocycles. The van der Waals surface area contributed by atoms with Crippen molar-refractivity contribution in [2.45, 2.75) is 26.2 Å². The highest BCUT2D eigenvalue weighted by Gasteiger charge is 2.01. The lowest BCUT2D eigenvalue weighted by molar-refractivity contribution is -0.142. The van der Waals surface area contributed by atoms with Gasteiger partial charge in [-0.25, -0.2) is 4.39 Å². The Balaban J connectivity index is 2.09. The van der Waals surface area contributed by atoms with Gasteiger partial charge in [-0.1, -0.05) is 25.5 Å². The van der Waals surface area contributed by atoms with Crippen LogP contribution in [0.3, 0.4) is 0 Å². The summed E-state index contributed by atoms with van der Waals surface area (Å²) in [6.07, 6.45) is 2.61. The Labute approximate surface area is 107 Å². The molecule has 0 amide bonds. The van der Waals surface area contributed by atoms with Crippen molar-refractivity contribution in [1.29, 1.82) is 0 Å². The Morgan fingerprint density at radius 1 is 1.44 bits per heavy atom. The third-order valence-electron chi connectivity index (χ3n) is 2.51. The molecule has 0 saturated heterocycles. The van der Waals surface area contributed by atoms with Gasteiger partial charge in [0.05, 0.1) is 13.2 Å². The average Bonchev–Trinajstić information content (AvgIpc) is 2.35. The smallest absolute Gasteiger partial charge is 0.319 e. The van der Waals surface area contributed by atoms with E-state index in [1.165, 1.54) is 12.1 Å². The number of ether oxygens (including phenoxy) is 1. The molecule has 1 aromatic rings. The minimum Gasteiger partial charge on any atom is -0.465 e. The predicted molar refractivity (Wildman–Crippen MR) is 68.8 cm³/mol. The summed E-state index contributed by atoms with van der Waals surface area (Å²) in [6, 6.07) is 6.47. The molecule has 0 aliphatic carbocycles. The summed E-state index contributed by atoms with van der Waals surface area (Å²) in [5.74, 6) is -0.464. The first-order chi connectivity index (χ1) is 8.72. The Kier molecular flexibility index (Phi) is 7.03. The number of unbranched alkanes of at least 4 members (excludes halogenated alkanes) is 1. The van der Waals surface area contributed by atoms with Crippen LogP contribution in [0.15, 0.2) is 24.3 Å². The van der Waals surface area contributed by atoms with Crippen LogP contribution in [0, 0.1) is 5.82 Å². The van der Waals surface area contributed by atoms with Crippen LogP contribution in [0.1, 0.15) is 25.3 Å². The number of hydrogen-bond acceptors (Lipinski definition) is 3. The lowest BCUT2D eigenvalue weighted by Crippen LogP contribution is -2.26. The quantitative estimate of drug-likeness (QED) is 0.570. The summed E-state index contributed by atoms with van der Waals surface area (Å²) < 4.78 is 17.9. The van der Waals surface area contributed by atoms with Crippen LogP contribution >= 0.6 is 0 Å². The molecular weight excluding hydrogens is 233 g/mol. The Hall–Kier alpha value is -1.42. The maximum atomic E-state index is 12.9. The van der Waals surface area contributed by atoms with E-state index < -0.39 is 0 Å². The van der Waals surface area contributed by atoms with Gasteiger partial charge in [-0.2, -0.15) is 0 Å². The maximum Gasteiger partial charge on any atom is 0.319 e. The van der Waals surface area contributed by atoms with Crippen LogP contribution < -0.4 is 5.32 Å². The van der Waals surface area contributed by atoms with Crippen molar-refractivity contribution < 1.29 is 13.9 Å². The van der Waals surface area contributed by atoms with Gasteiger partial charge in [-0.05, 0) is 37.1 Å². The molecule has 0 bridgehead atoms. The molecular formula is C14H20FNO2. The third-order valence-corrected chi connectivity index (χ3v) is 2.51. The summed E-state index contributed by atoms with van der Waals surface area (Å²) >= 11 is 0. The molecule has 1 N–H and O–H groups in total. The number of rotatable bonds is 8. The molecule has 0 radical (unpaired) electrons. The molecule has 0 spiro atoms. The fraction of sp³-hybridized carbons (Fsp3) is 0.500. The van der Waals surface area contributed by atoms with Gasteiger partial charge in [-0.3, -0.25) is 4.79 Å². The van der Waals surface area contributed by atoms with Gasteiger partial charge in [0.25, 0.3) is 0 Å². The number of carbonyl (C=O) groups is 1. The normalized spacial score (nSPS) is 10.3. The fourth-order valence-corrected chi connectivity index (χ4v) is 1.50. The molecule has 100 valence electrons. The number of esters is 1. The summed E-state index contributed by atoms with van der Waals surface area (Å²) in [6.45, 7) is 3.37. The summed E-state index contributed by atoms with van der Waals surface area (Å²) in [5, 5.41) is 2.98. The van der Waals surface area contributed by atoms with E-state index in [2.05, 4.69) is 5.32 Å². The van der Waals surface area contributed by atoms with Crippen molar-refractivity contribution in [3.63, 3.8) is 0 Å². The lowest BCUT2D eigenvalue weighted by Gasteiger charge is -2.06. The van der Waals surface area contributed by atoms with Crippen LogP contribution in [-0.2, 0) is 16.0 Å². The molecule has 0 heterocycles. The molecule has 0 saturated carbocycles.